The number of rotatable bonds is 7. The van der Waals surface area contributed by atoms with E-state index >= 15 is 0 Å². The highest BCUT2D eigenvalue weighted by molar-refractivity contribution is 7.12. The number of hydrogen-bond donors (Lipinski definition) is 2. The molecule has 0 unspecified atom stereocenters. The van der Waals surface area contributed by atoms with Crippen molar-refractivity contribution < 1.29 is 9.90 Å². The van der Waals surface area contributed by atoms with Crippen molar-refractivity contribution in [2.75, 3.05) is 6.54 Å². The smallest absolute Gasteiger partial charge is 0.282 e. The highest BCUT2D eigenvalue weighted by atomic mass is 32.1. The lowest BCUT2D eigenvalue weighted by Crippen LogP contribution is -2.42. The van der Waals surface area contributed by atoms with Crippen molar-refractivity contribution >= 4 is 17.1 Å². The van der Waals surface area contributed by atoms with Gasteiger partial charge >= 0.3 is 0 Å². The summed E-state index contributed by atoms with van der Waals surface area (Å²) in [7, 11) is 0. The molecule has 1 aromatic carbocycles. The number of aliphatic hydroxyl groups excluding tert-OH is 1. The van der Waals surface area contributed by atoms with Crippen LogP contribution in [0.3, 0.4) is 0 Å². The average molecular weight is 414 g/mol. The number of carbonyl (C=O) groups excluding carboxylic acids is 1. The van der Waals surface area contributed by atoms with Crippen molar-refractivity contribution in [2.24, 2.45) is 0 Å². The van der Waals surface area contributed by atoms with Gasteiger partial charge in [0.05, 0.1) is 23.2 Å². The summed E-state index contributed by atoms with van der Waals surface area (Å²) in [5, 5.41) is 15.7. The van der Waals surface area contributed by atoms with E-state index in [0.717, 1.165) is 0 Å². The highest BCUT2D eigenvalue weighted by Crippen LogP contribution is 2.18. The van der Waals surface area contributed by atoms with Gasteiger partial charge in [0.2, 0.25) is 5.78 Å². The van der Waals surface area contributed by atoms with E-state index in [9.17, 15) is 14.7 Å². The molecule has 154 valence electrons. The van der Waals surface area contributed by atoms with Crippen LogP contribution in [-0.2, 0) is 6.54 Å². The Bertz CT molecular complexity index is 1030. The van der Waals surface area contributed by atoms with Gasteiger partial charge in [0, 0.05) is 17.8 Å². The molecule has 3 aromatic rings. The van der Waals surface area contributed by atoms with Crippen LogP contribution in [-0.4, -0.2) is 38.4 Å². The van der Waals surface area contributed by atoms with E-state index in [0.29, 0.717) is 22.8 Å². The number of nitrogens with one attached hydrogen (secondary N) is 1. The lowest BCUT2D eigenvalue weighted by molar-refractivity contribution is 0.104. The normalized spacial score (nSPS) is 12.9. The third-order valence-corrected chi connectivity index (χ3v) is 5.49. The van der Waals surface area contributed by atoms with Gasteiger partial charge in [-0.15, -0.1) is 11.3 Å². The van der Waals surface area contributed by atoms with E-state index in [2.05, 4.69) is 5.32 Å². The van der Waals surface area contributed by atoms with Crippen LogP contribution in [0.4, 0.5) is 0 Å². The molecule has 6 nitrogen and oxygen atoms in total. The Hall–Kier alpha value is -2.48. The molecule has 0 aliphatic rings. The van der Waals surface area contributed by atoms with Crippen LogP contribution in [0, 0.1) is 6.92 Å². The first kappa shape index (κ1) is 21.2. The van der Waals surface area contributed by atoms with Gasteiger partial charge in [-0.2, -0.15) is 0 Å². The zero-order chi connectivity index (χ0) is 21.2. The number of benzene rings is 1. The quantitative estimate of drug-likeness (QED) is 0.584. The van der Waals surface area contributed by atoms with Gasteiger partial charge in [0.1, 0.15) is 5.56 Å². The second-order valence-corrected chi connectivity index (χ2v) is 9.03. The predicted molar refractivity (Wildman–Crippen MR) is 116 cm³/mol. The maximum Gasteiger partial charge on any atom is 0.282 e. The first-order chi connectivity index (χ1) is 13.7. The zero-order valence-corrected chi connectivity index (χ0v) is 18.0. The van der Waals surface area contributed by atoms with Gasteiger partial charge in [0.15, 0.2) is 0 Å². The second-order valence-electron chi connectivity index (χ2n) is 8.09. The Balaban J connectivity index is 2.05. The minimum Gasteiger partial charge on any atom is -0.390 e. The topological polar surface area (TPSA) is 76.3 Å². The van der Waals surface area contributed by atoms with Crippen molar-refractivity contribution in [1.82, 2.24) is 14.7 Å². The maximum atomic E-state index is 13.3. The number of carbonyl (C=O) groups is 1. The summed E-state index contributed by atoms with van der Waals surface area (Å²) >= 11 is 1.31. The number of aliphatic hydroxyl groups is 1. The SMILES string of the molecule is Cc1c(C(=O)c2cccs2)c(=O)n(-c2ccccc2)n1C[C@H](O)CNC(C)(C)C. The molecule has 2 heterocycles. The lowest BCUT2D eigenvalue weighted by atomic mass is 10.1. The standard InChI is InChI=1S/C22H27N3O3S/c1-15-19(20(27)18-11-8-12-29-18)21(28)25(16-9-6-5-7-10-16)24(15)14-17(26)13-23-22(2,3)4/h5-12,17,23,26H,13-14H2,1-4H3/t17-/m1/s1. The van der Waals surface area contributed by atoms with Crippen LogP contribution in [0.15, 0.2) is 52.6 Å². The summed E-state index contributed by atoms with van der Waals surface area (Å²) in [4.78, 5) is 26.8. The molecular formula is C22H27N3O3S. The number of nitrogens with zero attached hydrogens (tertiary/aromatic N) is 2. The van der Waals surface area contributed by atoms with E-state index in [1.165, 1.54) is 16.0 Å². The van der Waals surface area contributed by atoms with Crippen molar-refractivity contribution in [3.8, 4) is 5.69 Å². The monoisotopic (exact) mass is 413 g/mol. The molecule has 29 heavy (non-hydrogen) atoms. The van der Waals surface area contributed by atoms with Crippen molar-refractivity contribution in [2.45, 2.75) is 45.9 Å². The summed E-state index contributed by atoms with van der Waals surface area (Å²) in [5.41, 5.74) is 0.843. The van der Waals surface area contributed by atoms with E-state index < -0.39 is 6.10 Å². The van der Waals surface area contributed by atoms with Crippen molar-refractivity contribution in [3.63, 3.8) is 0 Å². The van der Waals surface area contributed by atoms with E-state index in [4.69, 9.17) is 0 Å². The van der Waals surface area contributed by atoms with Crippen molar-refractivity contribution in [3.05, 3.63) is 74.3 Å². The van der Waals surface area contributed by atoms with Gasteiger partial charge in [-0.05, 0) is 51.3 Å². The molecule has 0 aliphatic carbocycles. The molecule has 0 aliphatic heterocycles. The zero-order valence-electron chi connectivity index (χ0n) is 17.2. The maximum absolute atomic E-state index is 13.3. The molecule has 0 saturated heterocycles. The Morgan fingerprint density at radius 3 is 2.45 bits per heavy atom. The van der Waals surface area contributed by atoms with Crippen LogP contribution in [0.5, 0.6) is 0 Å². The van der Waals surface area contributed by atoms with Crippen LogP contribution in [0.25, 0.3) is 5.69 Å². The number of β-amino-alcohol motifs (C(OH)–C–C–N with tert-alkyl or cyclic N) is 1. The first-order valence-corrected chi connectivity index (χ1v) is 10.5. The minimum atomic E-state index is -0.723. The molecule has 2 aromatic heterocycles. The van der Waals surface area contributed by atoms with E-state index in [-0.39, 0.29) is 29.0 Å². The molecular weight excluding hydrogens is 386 g/mol. The Morgan fingerprint density at radius 2 is 1.86 bits per heavy atom. The molecule has 1 atom stereocenters. The first-order valence-electron chi connectivity index (χ1n) is 9.58. The third kappa shape index (κ3) is 4.75. The number of para-hydroxylation sites is 1. The lowest BCUT2D eigenvalue weighted by Gasteiger charge is -2.24. The molecule has 0 radical (unpaired) electrons. The Labute approximate surface area is 174 Å². The van der Waals surface area contributed by atoms with Gasteiger partial charge in [-0.1, -0.05) is 24.3 Å². The van der Waals surface area contributed by atoms with Gasteiger partial charge < -0.3 is 10.4 Å². The fourth-order valence-corrected chi connectivity index (χ4v) is 3.84. The molecule has 3 rings (SSSR count). The second kappa shape index (κ2) is 8.49. The molecule has 0 saturated carbocycles. The Kier molecular flexibility index (Phi) is 6.21. The summed E-state index contributed by atoms with van der Waals surface area (Å²) in [6.45, 7) is 8.40. The number of ketones is 1. The summed E-state index contributed by atoms with van der Waals surface area (Å²) in [6.07, 6.45) is -0.723. The molecule has 0 fully saturated rings. The third-order valence-electron chi connectivity index (χ3n) is 4.62. The van der Waals surface area contributed by atoms with Crippen LogP contribution < -0.4 is 10.9 Å². The van der Waals surface area contributed by atoms with Gasteiger partial charge in [-0.25, -0.2) is 4.68 Å². The van der Waals surface area contributed by atoms with Crippen LogP contribution in [0.2, 0.25) is 0 Å². The fourth-order valence-electron chi connectivity index (χ4n) is 3.17. The number of thiophene rings is 1. The number of hydrogen-bond acceptors (Lipinski definition) is 5. The van der Waals surface area contributed by atoms with E-state index in [1.54, 1.807) is 23.7 Å². The molecule has 0 bridgehead atoms. The molecule has 0 spiro atoms. The molecule has 0 amide bonds. The molecule has 2 N–H and O–H groups in total. The fraction of sp³-hybridized carbons (Fsp3) is 0.364. The largest absolute Gasteiger partial charge is 0.390 e. The summed E-state index contributed by atoms with van der Waals surface area (Å²) in [5.74, 6) is -0.284. The summed E-state index contributed by atoms with van der Waals surface area (Å²) < 4.78 is 3.18. The molecule has 7 heteroatoms. The van der Waals surface area contributed by atoms with Crippen molar-refractivity contribution in [1.29, 1.82) is 0 Å². The predicted octanol–water partition coefficient (Wildman–Crippen LogP) is 2.99. The van der Waals surface area contributed by atoms with Gasteiger partial charge in [-0.3, -0.25) is 14.3 Å². The Morgan fingerprint density at radius 1 is 1.17 bits per heavy atom. The minimum absolute atomic E-state index is 0.133. The highest BCUT2D eigenvalue weighted by Gasteiger charge is 2.26. The van der Waals surface area contributed by atoms with Gasteiger partial charge in [0.25, 0.3) is 5.56 Å². The number of aromatic nitrogens is 2. The van der Waals surface area contributed by atoms with E-state index in [1.807, 2.05) is 56.5 Å². The summed E-state index contributed by atoms with van der Waals surface area (Å²) in [6, 6.07) is 12.7. The van der Waals surface area contributed by atoms with Crippen LogP contribution >= 0.6 is 11.3 Å². The average Bonchev–Trinajstić information content (AvgIpc) is 3.28. The van der Waals surface area contributed by atoms with Crippen LogP contribution in [0.1, 0.15) is 41.7 Å².